The Morgan fingerprint density at radius 3 is 0.974 bits per heavy atom. The quantitative estimate of drug-likeness (QED) is 0.0595. The molecule has 2 unspecified atom stereocenters. The molecule has 0 aliphatic heterocycles. The zero-order chi connectivity index (χ0) is 29.3. The molecule has 0 saturated carbocycles. The lowest BCUT2D eigenvalue weighted by Crippen LogP contribution is -2.04. The molecule has 9 nitrogen and oxygen atoms in total. The summed E-state index contributed by atoms with van der Waals surface area (Å²) in [4.78, 5) is 0. The van der Waals surface area contributed by atoms with Crippen LogP contribution in [0.3, 0.4) is 0 Å². The van der Waals surface area contributed by atoms with E-state index in [0.717, 1.165) is 64.5 Å². The summed E-state index contributed by atoms with van der Waals surface area (Å²) in [6.45, 7) is 6.49. The largest absolute Gasteiger partial charge is 0.341 e. The normalized spacial score (nSPS) is 16.5. The Balaban J connectivity index is 4.52. The van der Waals surface area contributed by atoms with Crippen LogP contribution >= 0.6 is 22.8 Å². The van der Waals surface area contributed by atoms with E-state index >= 15 is 0 Å². The predicted octanol–water partition coefficient (Wildman–Crippen LogP) is 9.24. The van der Waals surface area contributed by atoms with Crippen LogP contribution in [0.5, 0.6) is 0 Å². The summed E-state index contributed by atoms with van der Waals surface area (Å²) in [5.41, 5.74) is 11.0. The molecule has 0 amide bonds. The van der Waals surface area contributed by atoms with Crippen molar-refractivity contribution in [3.8, 4) is 0 Å². The number of hydrogen-bond donors (Lipinski definition) is 2. The molecule has 0 aliphatic carbocycles. The Morgan fingerprint density at radius 1 is 0.462 bits per heavy atom. The Labute approximate surface area is 240 Å². The summed E-state index contributed by atoms with van der Waals surface area (Å²) in [6.07, 6.45) is 19.5. The highest BCUT2D eigenvalue weighted by atomic mass is 31.3. The van der Waals surface area contributed by atoms with Crippen LogP contribution < -0.4 is 11.5 Å². The molecule has 0 aromatic rings. The standard InChI is InChI=1S/C27H61N2O7P3/c1-4-33-38(31,26-22-18-14-10-6-8-12-16-20-24-28)35-37(3,30)36-39(32,34-5-2)27-23-19-15-11-7-9-13-17-21-25-29/h4-29H2,1-3H3. The molecule has 0 aromatic heterocycles. The van der Waals surface area contributed by atoms with Crippen molar-refractivity contribution >= 4 is 22.8 Å². The van der Waals surface area contributed by atoms with E-state index in [1.54, 1.807) is 13.8 Å². The van der Waals surface area contributed by atoms with E-state index in [0.29, 0.717) is 12.8 Å². The number of nitrogens with two attached hydrogens (primary N) is 2. The van der Waals surface area contributed by atoms with E-state index in [-0.39, 0.29) is 25.5 Å². The summed E-state index contributed by atoms with van der Waals surface area (Å²) < 4.78 is 61.6. The van der Waals surface area contributed by atoms with Crippen LogP contribution in [0.4, 0.5) is 0 Å². The molecule has 39 heavy (non-hydrogen) atoms. The fraction of sp³-hybridized carbons (Fsp3) is 1.00. The first-order valence-corrected chi connectivity index (χ1v) is 21.0. The molecule has 0 rings (SSSR count). The van der Waals surface area contributed by atoms with Crippen molar-refractivity contribution in [1.29, 1.82) is 0 Å². The van der Waals surface area contributed by atoms with Gasteiger partial charge in [0.25, 0.3) is 0 Å². The van der Waals surface area contributed by atoms with Crippen molar-refractivity contribution in [2.24, 2.45) is 11.5 Å². The van der Waals surface area contributed by atoms with E-state index < -0.39 is 22.8 Å². The van der Waals surface area contributed by atoms with Crippen molar-refractivity contribution in [3.63, 3.8) is 0 Å². The molecular weight excluding hydrogens is 557 g/mol. The third kappa shape index (κ3) is 23.7. The maximum Gasteiger partial charge on any atom is 0.341 e. The lowest BCUT2D eigenvalue weighted by Gasteiger charge is -2.25. The van der Waals surface area contributed by atoms with Gasteiger partial charge in [0.1, 0.15) is 0 Å². The highest BCUT2D eigenvalue weighted by Gasteiger charge is 2.39. The third-order valence-electron chi connectivity index (χ3n) is 6.47. The summed E-state index contributed by atoms with van der Waals surface area (Å²) >= 11 is 0. The van der Waals surface area contributed by atoms with Crippen LogP contribution in [-0.2, 0) is 31.4 Å². The molecule has 236 valence electrons. The van der Waals surface area contributed by atoms with Gasteiger partial charge in [0.05, 0.1) is 25.5 Å². The van der Waals surface area contributed by atoms with Gasteiger partial charge in [-0.1, -0.05) is 89.9 Å². The second-order valence-electron chi connectivity index (χ2n) is 10.4. The van der Waals surface area contributed by atoms with Gasteiger partial charge in [-0.25, -0.2) is 8.62 Å². The molecule has 0 fully saturated rings. The van der Waals surface area contributed by atoms with Gasteiger partial charge in [0, 0.05) is 6.66 Å². The lowest BCUT2D eigenvalue weighted by molar-refractivity contribution is 0.248. The van der Waals surface area contributed by atoms with Gasteiger partial charge in [-0.15, -0.1) is 0 Å². The summed E-state index contributed by atoms with van der Waals surface area (Å²) in [5, 5.41) is 0. The Bertz CT molecular complexity index is 659. The van der Waals surface area contributed by atoms with Crippen LogP contribution in [0.25, 0.3) is 0 Å². The molecule has 2 atom stereocenters. The molecule has 0 bridgehead atoms. The highest BCUT2D eigenvalue weighted by Crippen LogP contribution is 2.70. The first-order chi connectivity index (χ1) is 18.7. The van der Waals surface area contributed by atoms with Gasteiger partial charge < -0.3 is 20.5 Å². The van der Waals surface area contributed by atoms with E-state index in [1.165, 1.54) is 58.0 Å². The minimum Gasteiger partial charge on any atom is -0.330 e. The Hall–Kier alpha value is 0.450. The Morgan fingerprint density at radius 2 is 0.718 bits per heavy atom. The van der Waals surface area contributed by atoms with Crippen molar-refractivity contribution in [1.82, 2.24) is 0 Å². The molecule has 0 saturated heterocycles. The van der Waals surface area contributed by atoms with Gasteiger partial charge in [0.2, 0.25) is 0 Å². The Kier molecular flexibility index (Phi) is 25.3. The zero-order valence-electron chi connectivity index (χ0n) is 25.3. The molecule has 0 radical (unpaired) electrons. The summed E-state index contributed by atoms with van der Waals surface area (Å²) in [5.74, 6) is 0. The zero-order valence-corrected chi connectivity index (χ0v) is 28.0. The minimum atomic E-state index is -3.95. The van der Waals surface area contributed by atoms with Crippen molar-refractivity contribution < 1.29 is 31.4 Å². The predicted molar refractivity (Wildman–Crippen MR) is 165 cm³/mol. The third-order valence-corrected chi connectivity index (χ3v) is 13.9. The van der Waals surface area contributed by atoms with Crippen molar-refractivity contribution in [2.45, 2.75) is 129 Å². The molecule has 0 heterocycles. The molecule has 12 heteroatoms. The maximum absolute atomic E-state index is 13.3. The lowest BCUT2D eigenvalue weighted by atomic mass is 10.1. The molecular formula is C27H61N2O7P3. The first kappa shape index (κ1) is 39.5. The maximum atomic E-state index is 13.3. The highest BCUT2D eigenvalue weighted by molar-refractivity contribution is 7.72. The van der Waals surface area contributed by atoms with Crippen LogP contribution in [0.1, 0.15) is 129 Å². The number of rotatable bonds is 30. The van der Waals surface area contributed by atoms with Gasteiger partial charge in [-0.05, 0) is 52.6 Å². The van der Waals surface area contributed by atoms with Crippen LogP contribution in [0.2, 0.25) is 0 Å². The van der Waals surface area contributed by atoms with E-state index in [4.69, 9.17) is 29.1 Å². The molecule has 0 spiro atoms. The fourth-order valence-corrected chi connectivity index (χ4v) is 11.8. The van der Waals surface area contributed by atoms with Gasteiger partial charge in [-0.3, -0.25) is 13.7 Å². The van der Waals surface area contributed by atoms with E-state index in [2.05, 4.69) is 0 Å². The topological polar surface area (TPSA) is 140 Å². The van der Waals surface area contributed by atoms with Gasteiger partial charge in [0.15, 0.2) is 0 Å². The van der Waals surface area contributed by atoms with E-state index in [9.17, 15) is 13.7 Å². The molecule has 0 aliphatic rings. The molecule has 0 aromatic carbocycles. The second kappa shape index (κ2) is 25.0. The number of unbranched alkanes of at least 4 members (excludes halogenated alkanes) is 16. The smallest absolute Gasteiger partial charge is 0.330 e. The molecule has 4 N–H and O–H groups in total. The summed E-state index contributed by atoms with van der Waals surface area (Å²) in [6, 6.07) is 0. The second-order valence-corrected chi connectivity index (χ2v) is 17.1. The SMILES string of the molecule is CCOP(=O)(CCCCCCCCCCCN)OP(C)(=O)OP(=O)(CCCCCCCCCCCN)OCC. The minimum absolute atomic E-state index is 0.156. The van der Waals surface area contributed by atoms with Gasteiger partial charge in [-0.2, -0.15) is 0 Å². The fourth-order valence-electron chi connectivity index (χ4n) is 4.49. The van der Waals surface area contributed by atoms with Gasteiger partial charge >= 0.3 is 22.8 Å². The van der Waals surface area contributed by atoms with Crippen LogP contribution in [0, 0.1) is 0 Å². The summed E-state index contributed by atoms with van der Waals surface area (Å²) in [7, 11) is -11.3. The first-order valence-electron chi connectivity index (χ1n) is 15.5. The van der Waals surface area contributed by atoms with Crippen LogP contribution in [-0.4, -0.2) is 45.3 Å². The monoisotopic (exact) mass is 618 g/mol. The van der Waals surface area contributed by atoms with Crippen molar-refractivity contribution in [2.75, 3.05) is 45.3 Å². The number of hydrogen-bond acceptors (Lipinski definition) is 9. The average molecular weight is 619 g/mol. The van der Waals surface area contributed by atoms with Crippen molar-refractivity contribution in [3.05, 3.63) is 0 Å². The van der Waals surface area contributed by atoms with Crippen LogP contribution in [0.15, 0.2) is 0 Å². The van der Waals surface area contributed by atoms with E-state index in [1.807, 2.05) is 0 Å². The average Bonchev–Trinajstić information content (AvgIpc) is 2.85.